The van der Waals surface area contributed by atoms with Gasteiger partial charge in [0.1, 0.15) is 0 Å². The van der Waals surface area contributed by atoms with Crippen LogP contribution in [0.3, 0.4) is 0 Å². The summed E-state index contributed by atoms with van der Waals surface area (Å²) in [6.07, 6.45) is 9.33. The average Bonchev–Trinajstić information content (AvgIpc) is 3.20. The molecule has 0 aliphatic carbocycles. The summed E-state index contributed by atoms with van der Waals surface area (Å²) in [5, 5.41) is 2.54. The summed E-state index contributed by atoms with van der Waals surface area (Å²) in [6.45, 7) is 3.68. The van der Waals surface area contributed by atoms with Gasteiger partial charge in [0.25, 0.3) is 0 Å². The molecule has 0 saturated carbocycles. The first-order chi connectivity index (χ1) is 10.9. The molecule has 0 unspecified atom stereocenters. The predicted molar refractivity (Wildman–Crippen MR) is 93.4 cm³/mol. The lowest BCUT2D eigenvalue weighted by molar-refractivity contribution is 0.231. The SMILES string of the molecule is c1ccc2c(-c3cnc(CCN4CCCCC4)s3)c[nH]c2c1. The maximum Gasteiger partial charge on any atom is 0.0944 e. The molecule has 2 aromatic heterocycles. The third-order valence-electron chi connectivity index (χ3n) is 4.50. The number of nitrogens with zero attached hydrogens (tertiary/aromatic N) is 2. The maximum atomic E-state index is 4.64. The Morgan fingerprint density at radius 3 is 2.91 bits per heavy atom. The molecule has 4 heteroatoms. The van der Waals surface area contributed by atoms with E-state index in [1.165, 1.54) is 58.7 Å². The fourth-order valence-electron chi connectivity index (χ4n) is 3.26. The van der Waals surface area contributed by atoms with Crippen LogP contribution >= 0.6 is 11.3 Å². The Labute approximate surface area is 135 Å². The molecule has 22 heavy (non-hydrogen) atoms. The van der Waals surface area contributed by atoms with Gasteiger partial charge in [0.05, 0.1) is 9.88 Å². The minimum Gasteiger partial charge on any atom is -0.361 e. The first-order valence-electron chi connectivity index (χ1n) is 8.14. The van der Waals surface area contributed by atoms with Gasteiger partial charge in [-0.1, -0.05) is 24.6 Å². The van der Waals surface area contributed by atoms with Crippen molar-refractivity contribution < 1.29 is 0 Å². The minimum absolute atomic E-state index is 1.08. The van der Waals surface area contributed by atoms with E-state index in [0.29, 0.717) is 0 Å². The highest BCUT2D eigenvalue weighted by Crippen LogP contribution is 2.32. The summed E-state index contributed by atoms with van der Waals surface area (Å²) in [4.78, 5) is 11.8. The molecule has 0 spiro atoms. The number of hydrogen-bond acceptors (Lipinski definition) is 3. The van der Waals surface area contributed by atoms with Crippen LogP contribution in [0.2, 0.25) is 0 Å². The van der Waals surface area contributed by atoms with Gasteiger partial charge in [-0.3, -0.25) is 0 Å². The Morgan fingerprint density at radius 1 is 1.14 bits per heavy atom. The van der Waals surface area contributed by atoms with Gasteiger partial charge in [-0.05, 0) is 32.0 Å². The number of thiazole rings is 1. The highest BCUT2D eigenvalue weighted by Gasteiger charge is 2.12. The topological polar surface area (TPSA) is 31.9 Å². The number of H-pyrrole nitrogens is 1. The molecule has 0 amide bonds. The van der Waals surface area contributed by atoms with Crippen molar-refractivity contribution in [2.75, 3.05) is 19.6 Å². The van der Waals surface area contributed by atoms with Crippen LogP contribution in [0.4, 0.5) is 0 Å². The monoisotopic (exact) mass is 311 g/mol. The van der Waals surface area contributed by atoms with Crippen molar-refractivity contribution in [3.05, 3.63) is 41.7 Å². The van der Waals surface area contributed by atoms with Crippen LogP contribution in [0.25, 0.3) is 21.3 Å². The van der Waals surface area contributed by atoms with E-state index in [9.17, 15) is 0 Å². The molecule has 0 radical (unpaired) electrons. The number of para-hydroxylation sites is 1. The number of likely N-dealkylation sites (tertiary alicyclic amines) is 1. The van der Waals surface area contributed by atoms with Gasteiger partial charge in [-0.2, -0.15) is 0 Å². The molecule has 1 fully saturated rings. The Kier molecular flexibility index (Phi) is 3.95. The fraction of sp³-hybridized carbons (Fsp3) is 0.389. The van der Waals surface area contributed by atoms with Crippen molar-refractivity contribution in [2.45, 2.75) is 25.7 Å². The lowest BCUT2D eigenvalue weighted by Crippen LogP contribution is -2.31. The van der Waals surface area contributed by atoms with E-state index in [-0.39, 0.29) is 0 Å². The molecule has 1 aliphatic rings. The molecular formula is C18H21N3S. The normalized spacial score (nSPS) is 16.4. The summed E-state index contributed by atoms with van der Waals surface area (Å²) in [5.41, 5.74) is 2.47. The lowest BCUT2D eigenvalue weighted by Gasteiger charge is -2.25. The Balaban J connectivity index is 1.49. The first-order valence-corrected chi connectivity index (χ1v) is 8.95. The lowest BCUT2D eigenvalue weighted by atomic mass is 10.1. The largest absolute Gasteiger partial charge is 0.361 e. The summed E-state index contributed by atoms with van der Waals surface area (Å²) in [6, 6.07) is 8.46. The molecule has 3 aromatic rings. The molecule has 1 saturated heterocycles. The van der Waals surface area contributed by atoms with Crippen molar-refractivity contribution in [3.8, 4) is 10.4 Å². The Hall–Kier alpha value is -1.65. The molecule has 3 heterocycles. The third-order valence-corrected chi connectivity index (χ3v) is 5.59. The maximum absolute atomic E-state index is 4.64. The molecule has 1 N–H and O–H groups in total. The number of piperidine rings is 1. The summed E-state index contributed by atoms with van der Waals surface area (Å²) < 4.78 is 0. The van der Waals surface area contributed by atoms with Crippen LogP contribution in [0.15, 0.2) is 36.7 Å². The van der Waals surface area contributed by atoms with E-state index >= 15 is 0 Å². The Morgan fingerprint density at radius 2 is 2.00 bits per heavy atom. The summed E-state index contributed by atoms with van der Waals surface area (Å²) in [7, 11) is 0. The zero-order valence-corrected chi connectivity index (χ0v) is 13.5. The molecule has 1 aliphatic heterocycles. The van der Waals surface area contributed by atoms with E-state index in [1.54, 1.807) is 0 Å². The van der Waals surface area contributed by atoms with Gasteiger partial charge in [0.2, 0.25) is 0 Å². The van der Waals surface area contributed by atoms with Gasteiger partial charge >= 0.3 is 0 Å². The van der Waals surface area contributed by atoms with Crippen LogP contribution in [-0.4, -0.2) is 34.5 Å². The van der Waals surface area contributed by atoms with Gasteiger partial charge in [0, 0.05) is 41.8 Å². The number of aromatic amines is 1. The standard InChI is InChI=1S/C18H21N3S/c1-4-9-21(10-5-1)11-8-18-20-13-17(22-18)15-12-19-16-7-3-2-6-14(15)16/h2-3,6-7,12-13,19H,1,4-5,8-11H2. The number of aromatic nitrogens is 2. The molecule has 114 valence electrons. The fourth-order valence-corrected chi connectivity index (χ4v) is 4.20. The van der Waals surface area contributed by atoms with Crippen molar-refractivity contribution in [1.29, 1.82) is 0 Å². The number of fused-ring (bicyclic) bond motifs is 1. The van der Waals surface area contributed by atoms with E-state index in [0.717, 1.165) is 13.0 Å². The number of benzene rings is 1. The second kappa shape index (κ2) is 6.23. The zero-order valence-electron chi connectivity index (χ0n) is 12.7. The predicted octanol–water partition coefficient (Wildman–Crippen LogP) is 4.32. The van der Waals surface area contributed by atoms with Crippen LogP contribution in [0.5, 0.6) is 0 Å². The van der Waals surface area contributed by atoms with E-state index < -0.39 is 0 Å². The highest BCUT2D eigenvalue weighted by molar-refractivity contribution is 7.15. The molecule has 0 atom stereocenters. The number of hydrogen-bond donors (Lipinski definition) is 1. The average molecular weight is 311 g/mol. The second-order valence-corrected chi connectivity index (χ2v) is 7.13. The van der Waals surface area contributed by atoms with Gasteiger partial charge in [-0.25, -0.2) is 4.98 Å². The van der Waals surface area contributed by atoms with Crippen molar-refractivity contribution >= 4 is 22.2 Å². The highest BCUT2D eigenvalue weighted by atomic mass is 32.1. The molecule has 4 rings (SSSR count). The van der Waals surface area contributed by atoms with Gasteiger partial charge in [0.15, 0.2) is 0 Å². The van der Waals surface area contributed by atoms with E-state index in [1.807, 2.05) is 17.5 Å². The van der Waals surface area contributed by atoms with E-state index in [2.05, 4.69) is 45.3 Å². The number of nitrogens with one attached hydrogen (secondary N) is 1. The number of rotatable bonds is 4. The first kappa shape index (κ1) is 14.0. The minimum atomic E-state index is 1.08. The van der Waals surface area contributed by atoms with E-state index in [4.69, 9.17) is 0 Å². The zero-order chi connectivity index (χ0) is 14.8. The second-order valence-electron chi connectivity index (χ2n) is 6.02. The van der Waals surface area contributed by atoms with Crippen molar-refractivity contribution in [1.82, 2.24) is 14.9 Å². The van der Waals surface area contributed by atoms with Crippen LogP contribution in [0, 0.1) is 0 Å². The summed E-state index contributed by atoms with van der Waals surface area (Å²) in [5.74, 6) is 0. The van der Waals surface area contributed by atoms with Crippen LogP contribution in [0.1, 0.15) is 24.3 Å². The molecule has 3 nitrogen and oxygen atoms in total. The van der Waals surface area contributed by atoms with Crippen molar-refractivity contribution in [2.24, 2.45) is 0 Å². The smallest absolute Gasteiger partial charge is 0.0944 e. The quantitative estimate of drug-likeness (QED) is 0.778. The summed E-state index contributed by atoms with van der Waals surface area (Å²) >= 11 is 1.84. The van der Waals surface area contributed by atoms with Gasteiger partial charge < -0.3 is 9.88 Å². The molecule has 1 aromatic carbocycles. The molecule has 0 bridgehead atoms. The molecular weight excluding hydrogens is 290 g/mol. The Bertz CT molecular complexity index is 752. The van der Waals surface area contributed by atoms with Gasteiger partial charge in [-0.15, -0.1) is 11.3 Å². The third kappa shape index (κ3) is 2.81. The van der Waals surface area contributed by atoms with Crippen molar-refractivity contribution in [3.63, 3.8) is 0 Å². The van der Waals surface area contributed by atoms with Crippen LogP contribution in [-0.2, 0) is 6.42 Å². The van der Waals surface area contributed by atoms with Crippen LogP contribution < -0.4 is 0 Å².